The summed E-state index contributed by atoms with van der Waals surface area (Å²) < 4.78 is 5.01. The Hall–Kier alpha value is -1.24. The summed E-state index contributed by atoms with van der Waals surface area (Å²) >= 11 is 0. The van der Waals surface area contributed by atoms with Gasteiger partial charge in [0.25, 0.3) is 0 Å². The van der Waals surface area contributed by atoms with E-state index in [0.29, 0.717) is 0 Å². The summed E-state index contributed by atoms with van der Waals surface area (Å²) in [4.78, 5) is 0. The maximum absolute atomic E-state index is 5.01. The largest absolute Gasteiger partial charge is 0.463 e. The highest BCUT2D eigenvalue weighted by atomic mass is 16.3. The first kappa shape index (κ1) is 4.62. The van der Waals surface area contributed by atoms with Crippen molar-refractivity contribution in [3.05, 3.63) is 36.6 Å². The molecule has 1 heterocycles. The maximum Gasteiger partial charge on any atom is 0.142 e. The van der Waals surface area contributed by atoms with Gasteiger partial charge in [-0.15, -0.1) is 0 Å². The SMILES string of the molecule is [c]1coc2[c]cccc12. The van der Waals surface area contributed by atoms with Gasteiger partial charge in [-0.25, -0.2) is 0 Å². The predicted molar refractivity (Wildman–Crippen MR) is 33.9 cm³/mol. The monoisotopic (exact) mass is 116 g/mol. The Kier molecular flexibility index (Phi) is 0.833. The average Bonchev–Trinajstić information content (AvgIpc) is 2.33. The highest BCUT2D eigenvalue weighted by molar-refractivity contribution is 5.75. The lowest BCUT2D eigenvalue weighted by molar-refractivity contribution is 0.614. The number of furan rings is 1. The Morgan fingerprint density at radius 3 is 3.22 bits per heavy atom. The minimum absolute atomic E-state index is 0.775. The Bertz CT molecular complexity index is 279. The van der Waals surface area contributed by atoms with Crippen molar-refractivity contribution in [1.82, 2.24) is 0 Å². The zero-order valence-corrected chi connectivity index (χ0v) is 4.72. The summed E-state index contributed by atoms with van der Waals surface area (Å²) in [6.07, 6.45) is 1.54. The normalized spacial score (nSPS) is 10.2. The van der Waals surface area contributed by atoms with Crippen LogP contribution in [0.15, 0.2) is 28.9 Å². The van der Waals surface area contributed by atoms with E-state index in [4.69, 9.17) is 4.42 Å². The molecule has 1 aromatic heterocycles. The lowest BCUT2D eigenvalue weighted by Gasteiger charge is -1.80. The van der Waals surface area contributed by atoms with Crippen LogP contribution in [0.1, 0.15) is 0 Å². The van der Waals surface area contributed by atoms with E-state index < -0.39 is 0 Å². The third-order valence-electron chi connectivity index (χ3n) is 1.21. The van der Waals surface area contributed by atoms with Crippen LogP contribution in [0.2, 0.25) is 0 Å². The molecule has 42 valence electrons. The molecule has 0 unspecified atom stereocenters. The van der Waals surface area contributed by atoms with Crippen molar-refractivity contribution in [3.8, 4) is 0 Å². The van der Waals surface area contributed by atoms with E-state index >= 15 is 0 Å². The van der Waals surface area contributed by atoms with E-state index in [1.165, 1.54) is 0 Å². The Balaban J connectivity index is 2.95. The Labute approximate surface area is 52.9 Å². The molecule has 0 bridgehead atoms. The van der Waals surface area contributed by atoms with Crippen molar-refractivity contribution in [2.75, 3.05) is 0 Å². The van der Waals surface area contributed by atoms with Gasteiger partial charge in [0.2, 0.25) is 0 Å². The molecule has 2 rings (SSSR count). The van der Waals surface area contributed by atoms with Crippen LogP contribution in [-0.4, -0.2) is 0 Å². The first-order valence-electron chi connectivity index (χ1n) is 2.72. The second-order valence-corrected chi connectivity index (χ2v) is 1.79. The molecule has 0 aliphatic heterocycles. The standard InChI is InChI=1S/C8H4O/c1-2-4-8-7(3-1)5-6-9-8/h1-3,6H. The molecule has 0 spiro atoms. The number of hydrogen-bond acceptors (Lipinski definition) is 1. The summed E-state index contributed by atoms with van der Waals surface area (Å²) in [5.41, 5.74) is 0.775. The van der Waals surface area contributed by atoms with Crippen LogP contribution in [0.4, 0.5) is 0 Å². The summed E-state index contributed by atoms with van der Waals surface area (Å²) in [6.45, 7) is 0. The minimum Gasteiger partial charge on any atom is -0.463 e. The van der Waals surface area contributed by atoms with E-state index in [9.17, 15) is 0 Å². The van der Waals surface area contributed by atoms with Gasteiger partial charge in [-0.1, -0.05) is 18.2 Å². The fraction of sp³-hybridized carbons (Fsp3) is 0. The molecule has 1 aromatic carbocycles. The van der Waals surface area contributed by atoms with Gasteiger partial charge in [-0.05, 0) is 0 Å². The van der Waals surface area contributed by atoms with E-state index in [0.717, 1.165) is 11.0 Å². The Morgan fingerprint density at radius 2 is 2.33 bits per heavy atom. The molecule has 0 aliphatic rings. The highest BCUT2D eigenvalue weighted by Gasteiger charge is 1.91. The molecule has 2 radical (unpaired) electrons. The predicted octanol–water partition coefficient (Wildman–Crippen LogP) is 2.03. The fourth-order valence-electron chi connectivity index (χ4n) is 0.785. The summed E-state index contributed by atoms with van der Waals surface area (Å²) in [6, 6.07) is 11.5. The highest BCUT2D eigenvalue weighted by Crippen LogP contribution is 2.11. The zero-order chi connectivity index (χ0) is 6.10. The minimum atomic E-state index is 0.775. The second-order valence-electron chi connectivity index (χ2n) is 1.79. The van der Waals surface area contributed by atoms with Crippen LogP contribution in [0.3, 0.4) is 0 Å². The van der Waals surface area contributed by atoms with Gasteiger partial charge < -0.3 is 4.42 Å². The van der Waals surface area contributed by atoms with Gasteiger partial charge >= 0.3 is 0 Å². The lowest BCUT2D eigenvalue weighted by Crippen LogP contribution is -1.59. The summed E-state index contributed by atoms with van der Waals surface area (Å²) in [5, 5.41) is 0.984. The van der Waals surface area contributed by atoms with Crippen molar-refractivity contribution in [2.24, 2.45) is 0 Å². The maximum atomic E-state index is 5.01. The topological polar surface area (TPSA) is 13.1 Å². The number of para-hydroxylation sites is 1. The van der Waals surface area contributed by atoms with Gasteiger partial charge in [0.1, 0.15) is 5.58 Å². The van der Waals surface area contributed by atoms with Crippen molar-refractivity contribution < 1.29 is 4.42 Å². The van der Waals surface area contributed by atoms with Crippen molar-refractivity contribution in [1.29, 1.82) is 0 Å². The van der Waals surface area contributed by atoms with Crippen LogP contribution in [-0.2, 0) is 0 Å². The molecule has 2 aromatic rings. The number of benzene rings is 1. The van der Waals surface area contributed by atoms with E-state index in [1.54, 1.807) is 6.26 Å². The van der Waals surface area contributed by atoms with Gasteiger partial charge in [0.15, 0.2) is 0 Å². The van der Waals surface area contributed by atoms with Crippen LogP contribution in [0.25, 0.3) is 11.0 Å². The summed E-state index contributed by atoms with van der Waals surface area (Å²) in [5.74, 6) is 0. The molecule has 0 N–H and O–H groups in total. The average molecular weight is 116 g/mol. The first-order chi connectivity index (χ1) is 4.47. The third kappa shape index (κ3) is 0.617. The molecular weight excluding hydrogens is 112 g/mol. The first-order valence-corrected chi connectivity index (χ1v) is 2.72. The fourth-order valence-corrected chi connectivity index (χ4v) is 0.785. The van der Waals surface area contributed by atoms with Crippen molar-refractivity contribution in [3.63, 3.8) is 0 Å². The van der Waals surface area contributed by atoms with Crippen LogP contribution >= 0.6 is 0 Å². The van der Waals surface area contributed by atoms with Crippen LogP contribution in [0.5, 0.6) is 0 Å². The van der Waals surface area contributed by atoms with Gasteiger partial charge in [0, 0.05) is 17.5 Å². The van der Waals surface area contributed by atoms with Crippen molar-refractivity contribution in [2.45, 2.75) is 0 Å². The molecule has 0 atom stereocenters. The molecule has 0 amide bonds. The quantitative estimate of drug-likeness (QED) is 0.513. The summed E-state index contributed by atoms with van der Waals surface area (Å²) in [7, 11) is 0. The smallest absolute Gasteiger partial charge is 0.142 e. The van der Waals surface area contributed by atoms with E-state index in [2.05, 4.69) is 12.1 Å². The van der Waals surface area contributed by atoms with Crippen molar-refractivity contribution >= 4 is 11.0 Å². The molecular formula is C8H4O. The zero-order valence-electron chi connectivity index (χ0n) is 4.72. The molecule has 1 nitrogen and oxygen atoms in total. The van der Waals surface area contributed by atoms with Crippen LogP contribution in [0, 0.1) is 12.1 Å². The molecule has 9 heavy (non-hydrogen) atoms. The second kappa shape index (κ2) is 1.62. The van der Waals surface area contributed by atoms with Gasteiger partial charge in [0.05, 0.1) is 6.26 Å². The van der Waals surface area contributed by atoms with E-state index in [-0.39, 0.29) is 0 Å². The molecule has 0 aliphatic carbocycles. The molecule has 0 saturated carbocycles. The van der Waals surface area contributed by atoms with Gasteiger partial charge in [-0.2, -0.15) is 0 Å². The number of hydrogen-bond donors (Lipinski definition) is 0. The lowest BCUT2D eigenvalue weighted by atomic mass is 10.3. The van der Waals surface area contributed by atoms with E-state index in [1.807, 2.05) is 18.2 Å². The number of fused-ring (bicyclic) bond motifs is 1. The molecule has 1 heteroatoms. The molecule has 0 saturated heterocycles. The third-order valence-corrected chi connectivity index (χ3v) is 1.21. The van der Waals surface area contributed by atoms with Gasteiger partial charge in [-0.3, -0.25) is 0 Å². The van der Waals surface area contributed by atoms with Crippen LogP contribution < -0.4 is 0 Å². The number of rotatable bonds is 0. The molecule has 0 fully saturated rings. The Morgan fingerprint density at radius 1 is 1.33 bits per heavy atom.